The summed E-state index contributed by atoms with van der Waals surface area (Å²) in [6.45, 7) is 4.26. The van der Waals surface area contributed by atoms with Crippen LogP contribution < -0.4 is 0 Å². The normalized spacial score (nSPS) is 17.6. The molecule has 15 heavy (non-hydrogen) atoms. The van der Waals surface area contributed by atoms with Gasteiger partial charge in [-0.1, -0.05) is 24.3 Å². The van der Waals surface area contributed by atoms with Crippen LogP contribution in [0.4, 0.5) is 0 Å². The van der Waals surface area contributed by atoms with Crippen molar-refractivity contribution < 1.29 is 9.53 Å². The first kappa shape index (κ1) is 10.3. The molecule has 2 rings (SSSR count). The van der Waals surface area contributed by atoms with E-state index in [0.717, 1.165) is 38.4 Å². The van der Waals surface area contributed by atoms with Crippen LogP contribution in [0.15, 0.2) is 24.3 Å². The van der Waals surface area contributed by atoms with Crippen molar-refractivity contribution in [1.29, 1.82) is 0 Å². The molecule has 0 saturated carbocycles. The number of hydrogen-bond donors (Lipinski definition) is 0. The summed E-state index contributed by atoms with van der Waals surface area (Å²) in [5.41, 5.74) is 1.72. The molecular weight excluding hydrogens is 190 g/mol. The van der Waals surface area contributed by atoms with Crippen molar-refractivity contribution in [3.8, 4) is 0 Å². The fraction of sp³-hybridized carbons (Fsp3) is 0.417. The number of ether oxygens (including phenoxy) is 1. The third kappa shape index (κ3) is 2.64. The molecule has 1 saturated heterocycles. The first-order valence-electron chi connectivity index (χ1n) is 5.16. The largest absolute Gasteiger partial charge is 0.379 e. The molecule has 1 fully saturated rings. The van der Waals surface area contributed by atoms with Gasteiger partial charge in [0.25, 0.3) is 0 Å². The van der Waals surface area contributed by atoms with Crippen molar-refractivity contribution in [1.82, 2.24) is 4.90 Å². The summed E-state index contributed by atoms with van der Waals surface area (Å²) in [5, 5.41) is 0. The van der Waals surface area contributed by atoms with Crippen LogP contribution in [-0.4, -0.2) is 37.5 Å². The van der Waals surface area contributed by atoms with Gasteiger partial charge < -0.3 is 4.74 Å². The average Bonchev–Trinajstić information content (AvgIpc) is 2.31. The quantitative estimate of drug-likeness (QED) is 0.735. The van der Waals surface area contributed by atoms with Gasteiger partial charge in [0, 0.05) is 25.2 Å². The van der Waals surface area contributed by atoms with Gasteiger partial charge >= 0.3 is 0 Å². The van der Waals surface area contributed by atoms with E-state index in [4.69, 9.17) is 4.74 Å². The Bertz CT molecular complexity index is 332. The predicted molar refractivity (Wildman–Crippen MR) is 57.3 cm³/mol. The molecule has 0 bridgehead atoms. The Balaban J connectivity index is 2.05. The summed E-state index contributed by atoms with van der Waals surface area (Å²) < 4.78 is 5.27. The number of rotatable bonds is 3. The van der Waals surface area contributed by atoms with E-state index in [0.29, 0.717) is 5.56 Å². The molecule has 0 spiro atoms. The number of nitrogens with zero attached hydrogens (tertiary/aromatic N) is 1. The van der Waals surface area contributed by atoms with E-state index >= 15 is 0 Å². The number of carbonyl (C=O) groups excluding carboxylic acids is 1. The van der Waals surface area contributed by atoms with Crippen molar-refractivity contribution in [2.45, 2.75) is 6.54 Å². The van der Waals surface area contributed by atoms with E-state index in [1.54, 1.807) is 0 Å². The van der Waals surface area contributed by atoms with Gasteiger partial charge in [-0.05, 0) is 5.56 Å². The van der Waals surface area contributed by atoms with Gasteiger partial charge in [-0.15, -0.1) is 0 Å². The summed E-state index contributed by atoms with van der Waals surface area (Å²) in [6.07, 6.45) is 1.98. The molecule has 0 N–H and O–H groups in total. The standard InChI is InChI=1S/C12H14NO2/c14-10-12-4-2-1-3-11(12)9-13-5-7-15-8-6-13/h1-4H,5-9H2. The highest BCUT2D eigenvalue weighted by atomic mass is 16.5. The Kier molecular flexibility index (Phi) is 3.48. The Hall–Kier alpha value is -1.19. The second-order valence-electron chi connectivity index (χ2n) is 3.65. The number of hydrogen-bond acceptors (Lipinski definition) is 3. The van der Waals surface area contributed by atoms with Crippen molar-refractivity contribution in [2.75, 3.05) is 26.3 Å². The second-order valence-corrected chi connectivity index (χ2v) is 3.65. The molecule has 0 unspecified atom stereocenters. The van der Waals surface area contributed by atoms with E-state index in [9.17, 15) is 4.79 Å². The molecule has 3 heteroatoms. The van der Waals surface area contributed by atoms with E-state index in [2.05, 4.69) is 4.90 Å². The lowest BCUT2D eigenvalue weighted by molar-refractivity contribution is 0.0341. The smallest absolute Gasteiger partial charge is 0.233 e. The molecule has 1 aromatic rings. The first-order chi connectivity index (χ1) is 7.40. The third-order valence-corrected chi connectivity index (χ3v) is 2.62. The van der Waals surface area contributed by atoms with Crippen LogP contribution in [-0.2, 0) is 16.1 Å². The van der Waals surface area contributed by atoms with E-state index in [1.165, 1.54) is 0 Å². The fourth-order valence-electron chi connectivity index (χ4n) is 1.76. The molecule has 79 valence electrons. The van der Waals surface area contributed by atoms with Crippen LogP contribution >= 0.6 is 0 Å². The van der Waals surface area contributed by atoms with Gasteiger partial charge in [0.05, 0.1) is 13.2 Å². The zero-order valence-electron chi connectivity index (χ0n) is 8.61. The Morgan fingerprint density at radius 2 is 2.00 bits per heavy atom. The molecule has 1 heterocycles. The molecule has 1 aromatic carbocycles. The highest BCUT2D eigenvalue weighted by Gasteiger charge is 2.12. The second kappa shape index (κ2) is 5.05. The highest BCUT2D eigenvalue weighted by Crippen LogP contribution is 2.10. The maximum Gasteiger partial charge on any atom is 0.233 e. The minimum atomic E-state index is 0.670. The minimum Gasteiger partial charge on any atom is -0.379 e. The fourth-order valence-corrected chi connectivity index (χ4v) is 1.76. The van der Waals surface area contributed by atoms with Crippen LogP contribution in [0.5, 0.6) is 0 Å². The van der Waals surface area contributed by atoms with Gasteiger partial charge in [0.15, 0.2) is 0 Å². The lowest BCUT2D eigenvalue weighted by Crippen LogP contribution is -2.35. The molecular formula is C12H14NO2. The van der Waals surface area contributed by atoms with Gasteiger partial charge in [-0.2, -0.15) is 0 Å². The summed E-state index contributed by atoms with van der Waals surface area (Å²) in [6, 6.07) is 7.61. The summed E-state index contributed by atoms with van der Waals surface area (Å²) in [5.74, 6) is 0. The Morgan fingerprint density at radius 3 is 2.73 bits per heavy atom. The molecule has 0 atom stereocenters. The van der Waals surface area contributed by atoms with Crippen molar-refractivity contribution in [3.05, 3.63) is 35.4 Å². The zero-order valence-corrected chi connectivity index (χ0v) is 8.61. The third-order valence-electron chi connectivity index (χ3n) is 2.62. The summed E-state index contributed by atoms with van der Waals surface area (Å²) in [7, 11) is 0. The average molecular weight is 204 g/mol. The topological polar surface area (TPSA) is 29.5 Å². The van der Waals surface area contributed by atoms with Gasteiger partial charge in [-0.3, -0.25) is 9.69 Å². The SMILES string of the molecule is O=[C]c1ccccc1CN1CCOCC1. The maximum absolute atomic E-state index is 10.7. The Morgan fingerprint density at radius 1 is 1.27 bits per heavy atom. The molecule has 1 aliphatic rings. The number of benzene rings is 1. The van der Waals surface area contributed by atoms with Crippen molar-refractivity contribution in [2.24, 2.45) is 0 Å². The molecule has 1 radical (unpaired) electrons. The first-order valence-corrected chi connectivity index (χ1v) is 5.16. The van der Waals surface area contributed by atoms with Crippen LogP contribution in [0.3, 0.4) is 0 Å². The molecule has 0 aromatic heterocycles. The van der Waals surface area contributed by atoms with Crippen molar-refractivity contribution in [3.63, 3.8) is 0 Å². The van der Waals surface area contributed by atoms with Crippen LogP contribution in [0.25, 0.3) is 0 Å². The molecule has 3 nitrogen and oxygen atoms in total. The van der Waals surface area contributed by atoms with Crippen LogP contribution in [0, 0.1) is 0 Å². The van der Waals surface area contributed by atoms with Gasteiger partial charge in [0.2, 0.25) is 6.29 Å². The molecule has 0 aliphatic carbocycles. The van der Waals surface area contributed by atoms with E-state index in [1.807, 2.05) is 30.6 Å². The minimum absolute atomic E-state index is 0.670. The monoisotopic (exact) mass is 204 g/mol. The van der Waals surface area contributed by atoms with Crippen LogP contribution in [0.2, 0.25) is 0 Å². The lowest BCUT2D eigenvalue weighted by Gasteiger charge is -2.26. The van der Waals surface area contributed by atoms with Gasteiger partial charge in [0.1, 0.15) is 0 Å². The zero-order chi connectivity index (χ0) is 10.5. The predicted octanol–water partition coefficient (Wildman–Crippen LogP) is 0.977. The Labute approximate surface area is 89.7 Å². The van der Waals surface area contributed by atoms with E-state index in [-0.39, 0.29) is 0 Å². The van der Waals surface area contributed by atoms with Crippen LogP contribution in [0.1, 0.15) is 11.1 Å². The molecule has 0 amide bonds. The highest BCUT2D eigenvalue weighted by molar-refractivity contribution is 5.77. The molecule has 1 aliphatic heterocycles. The van der Waals surface area contributed by atoms with Gasteiger partial charge in [-0.25, -0.2) is 0 Å². The summed E-state index contributed by atoms with van der Waals surface area (Å²) in [4.78, 5) is 13.0. The van der Waals surface area contributed by atoms with E-state index < -0.39 is 0 Å². The maximum atomic E-state index is 10.7. The lowest BCUT2D eigenvalue weighted by atomic mass is 10.1. The summed E-state index contributed by atoms with van der Waals surface area (Å²) >= 11 is 0. The number of morpholine rings is 1. The van der Waals surface area contributed by atoms with Crippen molar-refractivity contribution >= 4 is 6.29 Å².